The lowest BCUT2D eigenvalue weighted by Gasteiger charge is -2.34. The smallest absolute Gasteiger partial charge is 0.247 e. The highest BCUT2D eigenvalue weighted by atomic mass is 32.1. The minimum Gasteiger partial charge on any atom is -0.497 e. The fraction of sp³-hybridized carbons (Fsp3) is 0.640. The number of methoxy groups -OCH3 is 1. The topological polar surface area (TPSA) is 82.0 Å². The van der Waals surface area contributed by atoms with Crippen LogP contribution in [0.5, 0.6) is 5.75 Å². The largest absolute Gasteiger partial charge is 0.497 e. The fourth-order valence-corrected chi connectivity index (χ4v) is 3.70. The van der Waals surface area contributed by atoms with Gasteiger partial charge in [-0.15, -0.1) is 22.8 Å². The van der Waals surface area contributed by atoms with Crippen molar-refractivity contribution in [3.8, 4) is 5.75 Å². The fourth-order valence-electron chi connectivity index (χ4n) is 3.57. The zero-order valence-electron chi connectivity index (χ0n) is 21.9. The Morgan fingerprint density at radius 1 is 1.20 bits per heavy atom. The molecule has 10 heteroatoms. The number of hydroxylamine groups is 2. The molecule has 1 aromatic carbocycles. The number of thiol groups is 1. The number of carbonyl (C=O) groups excluding carboxylic acids is 1. The van der Waals surface area contributed by atoms with Gasteiger partial charge in [0.2, 0.25) is 5.90 Å². The summed E-state index contributed by atoms with van der Waals surface area (Å²) >= 11 is 4.34. The van der Waals surface area contributed by atoms with E-state index >= 15 is 0 Å². The maximum absolute atomic E-state index is 10.3. The quantitative estimate of drug-likeness (QED) is 0.157. The van der Waals surface area contributed by atoms with Crippen LogP contribution in [0.1, 0.15) is 30.4 Å². The van der Waals surface area contributed by atoms with Crippen molar-refractivity contribution in [2.45, 2.75) is 44.0 Å². The maximum Gasteiger partial charge on any atom is 0.247 e. The lowest BCUT2D eigenvalue weighted by molar-refractivity contribution is -0.103. The monoisotopic (exact) mass is 506 g/mol. The van der Waals surface area contributed by atoms with Crippen LogP contribution in [0.3, 0.4) is 0 Å². The molecule has 196 valence electrons. The van der Waals surface area contributed by atoms with E-state index in [0.717, 1.165) is 67.3 Å². The summed E-state index contributed by atoms with van der Waals surface area (Å²) in [7, 11) is 5.89. The summed E-state index contributed by atoms with van der Waals surface area (Å²) in [5.74, 6) is 1.42. The van der Waals surface area contributed by atoms with Crippen molar-refractivity contribution < 1.29 is 14.4 Å². The van der Waals surface area contributed by atoms with Gasteiger partial charge in [-0.05, 0) is 83.6 Å². The second-order valence-corrected chi connectivity index (χ2v) is 9.63. The highest BCUT2D eigenvalue weighted by Crippen LogP contribution is 2.23. The third kappa shape index (κ3) is 12.0. The van der Waals surface area contributed by atoms with Gasteiger partial charge in [0.15, 0.2) is 6.29 Å². The number of carbonyl (C=O) groups is 1. The molecule has 2 fully saturated rings. The zero-order chi connectivity index (χ0) is 25.6. The molecule has 1 aliphatic heterocycles. The van der Waals surface area contributed by atoms with E-state index in [1.54, 1.807) is 7.11 Å². The minimum atomic E-state index is 0.515. The summed E-state index contributed by atoms with van der Waals surface area (Å²) in [4.78, 5) is 21.9. The maximum atomic E-state index is 10.3. The standard InChI is InChI=1S/C16H30N6O2.C9H12OS/c1-20(2)7-3-8-21-9-11-22(12-10-21)24-16(19-18-6-13-23)14-17-15-4-5-15;1-6-4-8(10-3)5-7(2)9(6)11/h6,13,15,17H,3-5,7-12,14H2,1-2H3;4-5,11H,1-3H3/b18-6+,19-16-;. The number of aryl methyl sites for hydroxylation is 2. The first-order valence-electron chi connectivity index (χ1n) is 12.2. The van der Waals surface area contributed by atoms with Crippen LogP contribution in [0.2, 0.25) is 0 Å². The second-order valence-electron chi connectivity index (χ2n) is 9.18. The Bertz CT molecular complexity index is 813. The molecule has 3 rings (SSSR count). The molecular formula is C25H42N6O3S. The van der Waals surface area contributed by atoms with Gasteiger partial charge in [0.1, 0.15) is 5.75 Å². The number of benzene rings is 1. The molecular weight excluding hydrogens is 464 g/mol. The molecule has 1 saturated heterocycles. The molecule has 1 N–H and O–H groups in total. The Labute approximate surface area is 215 Å². The first-order valence-corrected chi connectivity index (χ1v) is 12.7. The van der Waals surface area contributed by atoms with Crippen molar-refractivity contribution in [2.75, 3.05) is 67.0 Å². The number of nitrogens with one attached hydrogen (secondary N) is 1. The van der Waals surface area contributed by atoms with Crippen molar-refractivity contribution in [3.63, 3.8) is 0 Å². The van der Waals surface area contributed by atoms with Crippen LogP contribution in [-0.2, 0) is 9.63 Å². The Morgan fingerprint density at radius 2 is 1.86 bits per heavy atom. The molecule has 1 aliphatic carbocycles. The Kier molecular flexibility index (Phi) is 13.3. The third-order valence-electron chi connectivity index (χ3n) is 5.76. The SMILES string of the molecule is CN(C)CCCN1CCN(O/C(CNC2CC2)=N\N=C\C=O)CC1.COc1cc(C)c(S)c(C)c1. The Morgan fingerprint density at radius 3 is 2.40 bits per heavy atom. The summed E-state index contributed by atoms with van der Waals surface area (Å²) in [6.45, 7) is 10.5. The van der Waals surface area contributed by atoms with Gasteiger partial charge in [0.25, 0.3) is 0 Å². The van der Waals surface area contributed by atoms with Crippen molar-refractivity contribution in [1.29, 1.82) is 0 Å². The van der Waals surface area contributed by atoms with Crippen LogP contribution in [0, 0.1) is 13.8 Å². The predicted molar refractivity (Wildman–Crippen MR) is 145 cm³/mol. The molecule has 1 heterocycles. The van der Waals surface area contributed by atoms with Crippen LogP contribution in [-0.4, -0.2) is 106 Å². The Hall–Kier alpha value is -1.98. The highest BCUT2D eigenvalue weighted by molar-refractivity contribution is 7.80. The van der Waals surface area contributed by atoms with Crippen LogP contribution < -0.4 is 10.1 Å². The molecule has 0 unspecified atom stereocenters. The van der Waals surface area contributed by atoms with Gasteiger partial charge in [0.05, 0.1) is 19.9 Å². The average Bonchev–Trinajstić information content (AvgIpc) is 3.66. The summed E-state index contributed by atoms with van der Waals surface area (Å²) < 4.78 is 5.10. The Balaban J connectivity index is 0.000000328. The molecule has 0 amide bonds. The summed E-state index contributed by atoms with van der Waals surface area (Å²) in [5.41, 5.74) is 2.32. The number of ether oxygens (including phenoxy) is 1. The van der Waals surface area contributed by atoms with E-state index in [9.17, 15) is 4.79 Å². The van der Waals surface area contributed by atoms with Crippen molar-refractivity contribution in [3.05, 3.63) is 23.3 Å². The molecule has 0 radical (unpaired) electrons. The van der Waals surface area contributed by atoms with E-state index in [-0.39, 0.29) is 0 Å². The highest BCUT2D eigenvalue weighted by Gasteiger charge is 2.23. The first kappa shape index (κ1) is 29.3. The summed E-state index contributed by atoms with van der Waals surface area (Å²) in [6, 6.07) is 4.53. The van der Waals surface area contributed by atoms with Crippen molar-refractivity contribution in [1.82, 2.24) is 20.2 Å². The molecule has 1 saturated carbocycles. The molecule has 1 aromatic rings. The van der Waals surface area contributed by atoms with E-state index < -0.39 is 0 Å². The first-order chi connectivity index (χ1) is 16.8. The van der Waals surface area contributed by atoms with Crippen LogP contribution in [0.25, 0.3) is 0 Å². The van der Waals surface area contributed by atoms with Gasteiger partial charge in [-0.25, -0.2) is 0 Å². The van der Waals surface area contributed by atoms with Gasteiger partial charge in [-0.1, -0.05) is 0 Å². The normalized spacial score (nSPS) is 17.4. The molecule has 0 atom stereocenters. The zero-order valence-corrected chi connectivity index (χ0v) is 22.8. The average molecular weight is 507 g/mol. The number of aldehydes is 1. The molecule has 0 aromatic heterocycles. The van der Waals surface area contributed by atoms with Gasteiger partial charge in [0, 0.05) is 37.1 Å². The van der Waals surface area contributed by atoms with Gasteiger partial charge >= 0.3 is 0 Å². The lowest BCUT2D eigenvalue weighted by Crippen LogP contribution is -2.48. The van der Waals surface area contributed by atoms with Crippen LogP contribution in [0.15, 0.2) is 27.2 Å². The van der Waals surface area contributed by atoms with Gasteiger partial charge in [-0.2, -0.15) is 5.10 Å². The minimum absolute atomic E-state index is 0.515. The number of piperazine rings is 1. The van der Waals surface area contributed by atoms with E-state index in [1.807, 2.05) is 31.0 Å². The number of hydrogen-bond donors (Lipinski definition) is 2. The number of hydrogen-bond acceptors (Lipinski definition) is 10. The second kappa shape index (κ2) is 15.9. The lowest BCUT2D eigenvalue weighted by atomic mass is 10.1. The molecule has 0 spiro atoms. The number of nitrogens with zero attached hydrogens (tertiary/aromatic N) is 5. The van der Waals surface area contributed by atoms with E-state index in [1.165, 1.54) is 19.3 Å². The van der Waals surface area contributed by atoms with Gasteiger partial charge in [-0.3, -0.25) is 4.79 Å². The van der Waals surface area contributed by atoms with E-state index in [4.69, 9.17) is 9.57 Å². The van der Waals surface area contributed by atoms with Gasteiger partial charge < -0.3 is 24.7 Å². The molecule has 2 aliphatic rings. The van der Waals surface area contributed by atoms with E-state index in [2.05, 4.69) is 52.0 Å². The van der Waals surface area contributed by atoms with Crippen molar-refractivity contribution >= 4 is 31.0 Å². The molecule has 35 heavy (non-hydrogen) atoms. The van der Waals surface area contributed by atoms with Crippen molar-refractivity contribution in [2.24, 2.45) is 10.2 Å². The van der Waals surface area contributed by atoms with Crippen LogP contribution >= 0.6 is 12.6 Å². The predicted octanol–water partition coefficient (Wildman–Crippen LogP) is 2.42. The van der Waals surface area contributed by atoms with E-state index in [0.29, 0.717) is 24.8 Å². The molecule has 0 bridgehead atoms. The summed E-state index contributed by atoms with van der Waals surface area (Å²) in [6.07, 6.45) is 5.34. The van der Waals surface area contributed by atoms with Crippen LogP contribution in [0.4, 0.5) is 0 Å². The number of rotatable bonds is 11. The molecule has 9 nitrogen and oxygen atoms in total. The third-order valence-corrected chi connectivity index (χ3v) is 6.47. The summed E-state index contributed by atoms with van der Waals surface area (Å²) in [5, 5.41) is 13.0.